The lowest BCUT2D eigenvalue weighted by Gasteiger charge is -2.14. The molecule has 2 aromatic rings. The Hall–Kier alpha value is -2.36. The fourth-order valence-electron chi connectivity index (χ4n) is 1.75. The van der Waals surface area contributed by atoms with Crippen molar-refractivity contribution < 1.29 is 14.6 Å². The number of rotatable bonds is 5. The highest BCUT2D eigenvalue weighted by Crippen LogP contribution is 2.21. The van der Waals surface area contributed by atoms with Gasteiger partial charge in [0, 0.05) is 18.0 Å². The number of nitrogens with zero attached hydrogens (tertiary/aromatic N) is 1. The number of benzene rings is 1. The molecule has 4 heteroatoms. The van der Waals surface area contributed by atoms with E-state index in [4.69, 9.17) is 9.84 Å². The summed E-state index contributed by atoms with van der Waals surface area (Å²) in [5.41, 5.74) is 1.76. The van der Waals surface area contributed by atoms with Crippen LogP contribution in [0.1, 0.15) is 24.2 Å². The zero-order valence-electron chi connectivity index (χ0n) is 10.6. The molecule has 0 aliphatic heterocycles. The second kappa shape index (κ2) is 6.00. The molecule has 0 fully saturated rings. The molecule has 0 spiro atoms. The van der Waals surface area contributed by atoms with E-state index in [1.807, 2.05) is 19.1 Å². The number of aromatic nitrogens is 1. The third-order valence-corrected chi connectivity index (χ3v) is 2.75. The molecule has 1 unspecified atom stereocenters. The lowest BCUT2D eigenvalue weighted by Crippen LogP contribution is -2.04. The molecule has 1 heterocycles. The summed E-state index contributed by atoms with van der Waals surface area (Å²) >= 11 is 0. The first kappa shape index (κ1) is 13.1. The predicted octanol–water partition coefficient (Wildman–Crippen LogP) is 2.85. The molecule has 0 amide bonds. The maximum atomic E-state index is 10.6. The second-order valence-corrected chi connectivity index (χ2v) is 4.26. The minimum atomic E-state index is -0.836. The van der Waals surface area contributed by atoms with Crippen molar-refractivity contribution in [2.75, 3.05) is 0 Å². The molecule has 1 N–H and O–H groups in total. The Morgan fingerprint density at radius 3 is 2.63 bits per heavy atom. The minimum absolute atomic E-state index is 0.0262. The molecule has 0 radical (unpaired) electrons. The highest BCUT2D eigenvalue weighted by atomic mass is 16.5. The fraction of sp³-hybridized carbons (Fsp3) is 0.200. The van der Waals surface area contributed by atoms with Gasteiger partial charge in [0.2, 0.25) is 0 Å². The van der Waals surface area contributed by atoms with E-state index in [0.717, 1.165) is 11.1 Å². The van der Waals surface area contributed by atoms with Crippen molar-refractivity contribution >= 4 is 5.97 Å². The summed E-state index contributed by atoms with van der Waals surface area (Å²) < 4.78 is 5.77. The molecule has 98 valence electrons. The third-order valence-electron chi connectivity index (χ3n) is 2.75. The Balaban J connectivity index is 2.01. The van der Waals surface area contributed by atoms with Crippen LogP contribution in [-0.4, -0.2) is 16.1 Å². The maximum absolute atomic E-state index is 10.6. The van der Waals surface area contributed by atoms with Crippen molar-refractivity contribution in [3.63, 3.8) is 0 Å². The van der Waals surface area contributed by atoms with Gasteiger partial charge in [-0.2, -0.15) is 0 Å². The molecule has 1 aromatic carbocycles. The van der Waals surface area contributed by atoms with E-state index in [-0.39, 0.29) is 12.5 Å². The number of ether oxygens (including phenoxy) is 1. The van der Waals surface area contributed by atoms with Gasteiger partial charge in [0.1, 0.15) is 11.9 Å². The van der Waals surface area contributed by atoms with E-state index in [1.165, 1.54) is 0 Å². The molecule has 1 aromatic heterocycles. The van der Waals surface area contributed by atoms with Gasteiger partial charge >= 0.3 is 5.97 Å². The topological polar surface area (TPSA) is 59.4 Å². The molecule has 4 nitrogen and oxygen atoms in total. The van der Waals surface area contributed by atoms with Gasteiger partial charge in [0.15, 0.2) is 0 Å². The summed E-state index contributed by atoms with van der Waals surface area (Å²) in [5, 5.41) is 8.69. The zero-order chi connectivity index (χ0) is 13.7. The normalized spacial score (nSPS) is 11.8. The molecule has 0 aliphatic rings. The Labute approximate surface area is 111 Å². The predicted molar refractivity (Wildman–Crippen MR) is 71.1 cm³/mol. The van der Waals surface area contributed by atoms with E-state index in [0.29, 0.717) is 5.75 Å². The zero-order valence-corrected chi connectivity index (χ0v) is 10.6. The molecule has 0 saturated carbocycles. The molecule has 0 saturated heterocycles. The molecular weight excluding hydrogens is 242 g/mol. The number of hydrogen-bond donors (Lipinski definition) is 1. The van der Waals surface area contributed by atoms with Gasteiger partial charge in [-0.3, -0.25) is 9.78 Å². The average Bonchev–Trinajstić information content (AvgIpc) is 2.41. The van der Waals surface area contributed by atoms with E-state index < -0.39 is 5.97 Å². The molecule has 19 heavy (non-hydrogen) atoms. The van der Waals surface area contributed by atoms with Crippen LogP contribution in [0.3, 0.4) is 0 Å². The van der Waals surface area contributed by atoms with Crippen LogP contribution < -0.4 is 4.74 Å². The lowest BCUT2D eigenvalue weighted by atomic mass is 10.1. The molecule has 0 bridgehead atoms. The van der Waals surface area contributed by atoms with Crippen LogP contribution in [0, 0.1) is 0 Å². The SMILES string of the molecule is CC(Oc1ccc(CC(=O)O)cc1)c1cccnc1. The van der Waals surface area contributed by atoms with Gasteiger partial charge in [-0.15, -0.1) is 0 Å². The molecule has 0 aliphatic carbocycles. The standard InChI is InChI=1S/C15H15NO3/c1-11(13-3-2-8-16-10-13)19-14-6-4-12(5-7-14)9-15(17)18/h2-8,10-11H,9H2,1H3,(H,17,18). The number of hydrogen-bond acceptors (Lipinski definition) is 3. The maximum Gasteiger partial charge on any atom is 0.307 e. The minimum Gasteiger partial charge on any atom is -0.486 e. The van der Waals surface area contributed by atoms with E-state index in [1.54, 1.807) is 36.7 Å². The van der Waals surface area contributed by atoms with Crippen LogP contribution >= 0.6 is 0 Å². The summed E-state index contributed by atoms with van der Waals surface area (Å²) in [6, 6.07) is 10.9. The smallest absolute Gasteiger partial charge is 0.307 e. The largest absolute Gasteiger partial charge is 0.486 e. The van der Waals surface area contributed by atoms with Crippen LogP contribution in [0.25, 0.3) is 0 Å². The first-order valence-electron chi connectivity index (χ1n) is 6.02. The first-order valence-corrected chi connectivity index (χ1v) is 6.02. The summed E-state index contributed by atoms with van der Waals surface area (Å²) in [7, 11) is 0. The van der Waals surface area contributed by atoms with Crippen LogP contribution in [0.15, 0.2) is 48.8 Å². The van der Waals surface area contributed by atoms with E-state index in [2.05, 4.69) is 4.98 Å². The van der Waals surface area contributed by atoms with Crippen LogP contribution in [0.5, 0.6) is 5.75 Å². The highest BCUT2D eigenvalue weighted by Gasteiger charge is 2.07. The van der Waals surface area contributed by atoms with Crippen LogP contribution in [0.4, 0.5) is 0 Å². The average molecular weight is 257 g/mol. The van der Waals surface area contributed by atoms with E-state index in [9.17, 15) is 4.79 Å². The Kier molecular flexibility index (Phi) is 4.13. The monoisotopic (exact) mass is 257 g/mol. The van der Waals surface area contributed by atoms with Crippen molar-refractivity contribution in [1.82, 2.24) is 4.98 Å². The lowest BCUT2D eigenvalue weighted by molar-refractivity contribution is -0.136. The molecule has 1 atom stereocenters. The van der Waals surface area contributed by atoms with Crippen molar-refractivity contribution in [3.05, 3.63) is 59.9 Å². The number of pyridine rings is 1. The van der Waals surface area contributed by atoms with Gasteiger partial charge in [-0.1, -0.05) is 18.2 Å². The Morgan fingerprint density at radius 2 is 2.05 bits per heavy atom. The summed E-state index contributed by atoms with van der Waals surface area (Å²) in [6.45, 7) is 1.95. The number of carbonyl (C=O) groups is 1. The van der Waals surface area contributed by atoms with Crippen molar-refractivity contribution in [1.29, 1.82) is 0 Å². The van der Waals surface area contributed by atoms with Gasteiger partial charge < -0.3 is 9.84 Å². The van der Waals surface area contributed by atoms with Crippen LogP contribution in [-0.2, 0) is 11.2 Å². The first-order chi connectivity index (χ1) is 9.15. The van der Waals surface area contributed by atoms with Crippen molar-refractivity contribution in [2.45, 2.75) is 19.4 Å². The number of carboxylic acid groups (broad SMARTS) is 1. The summed E-state index contributed by atoms with van der Waals surface area (Å²) in [4.78, 5) is 14.6. The molecular formula is C15H15NO3. The van der Waals surface area contributed by atoms with Gasteiger partial charge in [-0.05, 0) is 30.7 Å². The third kappa shape index (κ3) is 3.81. The van der Waals surface area contributed by atoms with Gasteiger partial charge in [-0.25, -0.2) is 0 Å². The summed E-state index contributed by atoms with van der Waals surface area (Å²) in [5.74, 6) is -0.122. The number of carboxylic acids is 1. The Bertz CT molecular complexity index is 537. The van der Waals surface area contributed by atoms with Crippen molar-refractivity contribution in [2.24, 2.45) is 0 Å². The quantitative estimate of drug-likeness (QED) is 0.894. The Morgan fingerprint density at radius 1 is 1.32 bits per heavy atom. The summed E-state index contributed by atoms with van der Waals surface area (Å²) in [6.07, 6.45) is 3.41. The van der Waals surface area contributed by atoms with E-state index >= 15 is 0 Å². The molecule has 2 rings (SSSR count). The highest BCUT2D eigenvalue weighted by molar-refractivity contribution is 5.70. The fourth-order valence-corrected chi connectivity index (χ4v) is 1.75. The van der Waals surface area contributed by atoms with Crippen LogP contribution in [0.2, 0.25) is 0 Å². The van der Waals surface area contributed by atoms with Gasteiger partial charge in [0.25, 0.3) is 0 Å². The second-order valence-electron chi connectivity index (χ2n) is 4.26. The van der Waals surface area contributed by atoms with Gasteiger partial charge in [0.05, 0.1) is 6.42 Å². The number of aliphatic carboxylic acids is 1. The van der Waals surface area contributed by atoms with Crippen molar-refractivity contribution in [3.8, 4) is 5.75 Å².